The van der Waals surface area contributed by atoms with Gasteiger partial charge in [-0.2, -0.15) is 0 Å². The SMILES string of the molecule is COc1ccc2nc(-c3ccc(-c4ccccc4)cc3)n(C[C@@H]3CCN(C(=O)C4CC4)C3)c2c1. The smallest absolute Gasteiger partial charge is 0.225 e. The third-order valence-corrected chi connectivity index (χ3v) is 7.17. The minimum absolute atomic E-state index is 0.288. The van der Waals surface area contributed by atoms with E-state index in [0.717, 1.165) is 67.1 Å². The molecule has 2 fully saturated rings. The zero-order valence-electron chi connectivity index (χ0n) is 19.5. The van der Waals surface area contributed by atoms with Crippen LogP contribution in [0.3, 0.4) is 0 Å². The Morgan fingerprint density at radius 2 is 1.68 bits per heavy atom. The van der Waals surface area contributed by atoms with Gasteiger partial charge >= 0.3 is 0 Å². The van der Waals surface area contributed by atoms with Crippen LogP contribution in [0.4, 0.5) is 0 Å². The quantitative estimate of drug-likeness (QED) is 0.381. The molecular formula is C29H29N3O2. The summed E-state index contributed by atoms with van der Waals surface area (Å²) in [5.41, 5.74) is 5.54. The summed E-state index contributed by atoms with van der Waals surface area (Å²) < 4.78 is 7.84. The van der Waals surface area contributed by atoms with Gasteiger partial charge in [-0.1, -0.05) is 54.6 Å². The zero-order chi connectivity index (χ0) is 23.1. The van der Waals surface area contributed by atoms with E-state index in [0.29, 0.717) is 11.8 Å². The van der Waals surface area contributed by atoms with E-state index in [1.807, 2.05) is 18.2 Å². The van der Waals surface area contributed by atoms with Gasteiger partial charge in [0.25, 0.3) is 0 Å². The average Bonchev–Trinajstić information content (AvgIpc) is 3.54. The van der Waals surface area contributed by atoms with E-state index >= 15 is 0 Å². The van der Waals surface area contributed by atoms with Crippen LogP contribution >= 0.6 is 0 Å². The number of aromatic nitrogens is 2. The number of imidazole rings is 1. The van der Waals surface area contributed by atoms with Crippen molar-refractivity contribution in [2.45, 2.75) is 25.8 Å². The first-order valence-electron chi connectivity index (χ1n) is 12.2. The Morgan fingerprint density at radius 1 is 0.941 bits per heavy atom. The van der Waals surface area contributed by atoms with E-state index in [9.17, 15) is 4.79 Å². The molecule has 5 heteroatoms. The Kier molecular flexibility index (Phi) is 5.33. The number of methoxy groups -OCH3 is 1. The van der Waals surface area contributed by atoms with Gasteiger partial charge in [0.05, 0.1) is 18.1 Å². The van der Waals surface area contributed by atoms with Gasteiger partial charge in [-0.25, -0.2) is 4.98 Å². The summed E-state index contributed by atoms with van der Waals surface area (Å²) in [4.78, 5) is 19.7. The second-order valence-corrected chi connectivity index (χ2v) is 9.56. The summed E-state index contributed by atoms with van der Waals surface area (Å²) in [6, 6.07) is 25.2. The zero-order valence-corrected chi connectivity index (χ0v) is 19.5. The molecular weight excluding hydrogens is 422 g/mol. The lowest BCUT2D eigenvalue weighted by molar-refractivity contribution is -0.131. The molecule has 172 valence electrons. The summed E-state index contributed by atoms with van der Waals surface area (Å²) in [5, 5.41) is 0. The van der Waals surface area contributed by atoms with Crippen LogP contribution in [0.15, 0.2) is 72.8 Å². The first-order valence-corrected chi connectivity index (χ1v) is 12.2. The van der Waals surface area contributed by atoms with Crippen molar-refractivity contribution in [3.8, 4) is 28.3 Å². The summed E-state index contributed by atoms with van der Waals surface area (Å²) in [5.74, 6) is 2.87. The van der Waals surface area contributed by atoms with Gasteiger partial charge in [-0.3, -0.25) is 4.79 Å². The summed E-state index contributed by atoms with van der Waals surface area (Å²) in [6.45, 7) is 2.55. The molecule has 0 unspecified atom stereocenters. The molecule has 1 saturated heterocycles. The molecule has 34 heavy (non-hydrogen) atoms. The highest BCUT2D eigenvalue weighted by Gasteiger charge is 2.36. The van der Waals surface area contributed by atoms with Crippen LogP contribution < -0.4 is 4.74 Å². The fourth-order valence-corrected chi connectivity index (χ4v) is 5.11. The van der Waals surface area contributed by atoms with Crippen molar-refractivity contribution in [2.24, 2.45) is 11.8 Å². The number of benzene rings is 3. The third kappa shape index (κ3) is 3.96. The number of carbonyl (C=O) groups is 1. The van der Waals surface area contributed by atoms with Crippen molar-refractivity contribution >= 4 is 16.9 Å². The fourth-order valence-electron chi connectivity index (χ4n) is 5.11. The van der Waals surface area contributed by atoms with E-state index in [2.05, 4.69) is 64.1 Å². The van der Waals surface area contributed by atoms with Crippen LogP contribution in [0.1, 0.15) is 19.3 Å². The summed E-state index contributed by atoms with van der Waals surface area (Å²) in [7, 11) is 1.70. The highest BCUT2D eigenvalue weighted by atomic mass is 16.5. The predicted molar refractivity (Wildman–Crippen MR) is 135 cm³/mol. The Labute approximate surface area is 200 Å². The van der Waals surface area contributed by atoms with E-state index < -0.39 is 0 Å². The van der Waals surface area contributed by atoms with Crippen molar-refractivity contribution in [1.82, 2.24) is 14.5 Å². The monoisotopic (exact) mass is 451 g/mol. The maximum absolute atomic E-state index is 12.6. The molecule has 3 aromatic carbocycles. The van der Waals surface area contributed by atoms with E-state index in [1.54, 1.807) is 7.11 Å². The molecule has 1 aliphatic carbocycles. The Morgan fingerprint density at radius 3 is 2.41 bits per heavy atom. The van der Waals surface area contributed by atoms with Gasteiger partial charge in [0.15, 0.2) is 0 Å². The average molecular weight is 452 g/mol. The number of ether oxygens (including phenoxy) is 1. The number of rotatable bonds is 6. The van der Waals surface area contributed by atoms with Gasteiger partial charge in [0, 0.05) is 37.2 Å². The Hall–Kier alpha value is -3.60. The Balaban J connectivity index is 1.34. The molecule has 0 spiro atoms. The largest absolute Gasteiger partial charge is 0.497 e. The molecule has 1 amide bonds. The van der Waals surface area contributed by atoms with E-state index in [1.165, 1.54) is 11.1 Å². The first-order chi connectivity index (χ1) is 16.7. The van der Waals surface area contributed by atoms with Crippen molar-refractivity contribution in [3.63, 3.8) is 0 Å². The lowest BCUT2D eigenvalue weighted by Gasteiger charge is -2.18. The maximum Gasteiger partial charge on any atom is 0.225 e. The lowest BCUT2D eigenvalue weighted by atomic mass is 10.0. The second-order valence-electron chi connectivity index (χ2n) is 9.56. The van der Waals surface area contributed by atoms with Crippen molar-refractivity contribution < 1.29 is 9.53 Å². The summed E-state index contributed by atoms with van der Waals surface area (Å²) in [6.07, 6.45) is 3.17. The predicted octanol–water partition coefficient (Wildman–Crippen LogP) is 5.64. The second kappa shape index (κ2) is 8.64. The molecule has 1 atom stereocenters. The highest BCUT2D eigenvalue weighted by Crippen LogP contribution is 2.35. The van der Waals surface area contributed by atoms with Crippen LogP contribution in [0.2, 0.25) is 0 Å². The molecule has 2 aliphatic rings. The number of carbonyl (C=O) groups excluding carboxylic acids is 1. The van der Waals surface area contributed by atoms with E-state index in [-0.39, 0.29) is 5.92 Å². The summed E-state index contributed by atoms with van der Waals surface area (Å²) >= 11 is 0. The van der Waals surface area contributed by atoms with Crippen LogP contribution in [-0.4, -0.2) is 40.6 Å². The number of nitrogens with zero attached hydrogens (tertiary/aromatic N) is 3. The topological polar surface area (TPSA) is 47.4 Å². The number of fused-ring (bicyclic) bond motifs is 1. The standard InChI is InChI=1S/C29H29N3O2/c1-34-25-13-14-26-27(17-25)32(19-20-15-16-31(18-20)29(33)24-11-12-24)28(30-26)23-9-7-22(8-10-23)21-5-3-2-4-6-21/h2-10,13-14,17,20,24H,11-12,15-16,18-19H2,1H3/t20-/m1/s1. The minimum atomic E-state index is 0.288. The van der Waals surface area contributed by atoms with Gasteiger partial charge in [-0.05, 0) is 48.4 Å². The van der Waals surface area contributed by atoms with Gasteiger partial charge in [0.2, 0.25) is 5.91 Å². The maximum atomic E-state index is 12.6. The van der Waals surface area contributed by atoms with Gasteiger partial charge < -0.3 is 14.2 Å². The number of likely N-dealkylation sites (tertiary alicyclic amines) is 1. The highest BCUT2D eigenvalue weighted by molar-refractivity contribution is 5.83. The third-order valence-electron chi connectivity index (χ3n) is 7.17. The molecule has 0 N–H and O–H groups in total. The van der Waals surface area contributed by atoms with Gasteiger partial charge in [0.1, 0.15) is 11.6 Å². The van der Waals surface area contributed by atoms with Crippen molar-refractivity contribution in [2.75, 3.05) is 20.2 Å². The van der Waals surface area contributed by atoms with E-state index in [4.69, 9.17) is 9.72 Å². The lowest BCUT2D eigenvalue weighted by Crippen LogP contribution is -2.30. The number of amides is 1. The first kappa shape index (κ1) is 21.0. The molecule has 0 bridgehead atoms. The van der Waals surface area contributed by atoms with Gasteiger partial charge in [-0.15, -0.1) is 0 Å². The molecule has 6 rings (SSSR count). The molecule has 5 nitrogen and oxygen atoms in total. The van der Waals surface area contributed by atoms with Crippen molar-refractivity contribution in [3.05, 3.63) is 72.8 Å². The molecule has 2 heterocycles. The fraction of sp³-hybridized carbons (Fsp3) is 0.310. The minimum Gasteiger partial charge on any atom is -0.497 e. The molecule has 4 aromatic rings. The van der Waals surface area contributed by atoms with Crippen LogP contribution in [0, 0.1) is 11.8 Å². The van der Waals surface area contributed by atoms with Crippen LogP contribution in [0.5, 0.6) is 5.75 Å². The Bertz CT molecular complexity index is 1320. The number of hydrogen-bond donors (Lipinski definition) is 0. The normalized spacial score (nSPS) is 17.9. The number of hydrogen-bond acceptors (Lipinski definition) is 3. The molecule has 0 radical (unpaired) electrons. The van der Waals surface area contributed by atoms with Crippen LogP contribution in [-0.2, 0) is 11.3 Å². The molecule has 1 saturated carbocycles. The van der Waals surface area contributed by atoms with Crippen LogP contribution in [0.25, 0.3) is 33.5 Å². The molecule has 1 aromatic heterocycles. The molecule has 1 aliphatic heterocycles. The van der Waals surface area contributed by atoms with Crippen molar-refractivity contribution in [1.29, 1.82) is 0 Å².